The fraction of sp³-hybridized carbons (Fsp3) is 0.444. The number of anilines is 1. The zero-order valence-electron chi connectivity index (χ0n) is 13.2. The first-order valence-corrected chi connectivity index (χ1v) is 9.06. The maximum absolute atomic E-state index is 12.2. The maximum Gasteiger partial charge on any atom is 0.225 e. The second-order valence-corrected chi connectivity index (χ2v) is 7.15. The Kier molecular flexibility index (Phi) is 5.49. The van der Waals surface area contributed by atoms with E-state index in [1.54, 1.807) is 6.20 Å². The summed E-state index contributed by atoms with van der Waals surface area (Å²) in [4.78, 5) is 12.2. The molecular formula is C18H22BrN3O. The van der Waals surface area contributed by atoms with E-state index >= 15 is 0 Å². The Morgan fingerprint density at radius 3 is 2.70 bits per heavy atom. The average Bonchev–Trinajstić information content (AvgIpc) is 3.20. The lowest BCUT2D eigenvalue weighted by molar-refractivity contribution is -0.116. The van der Waals surface area contributed by atoms with Gasteiger partial charge in [0.05, 0.1) is 12.7 Å². The Hall–Kier alpha value is -1.62. The van der Waals surface area contributed by atoms with E-state index in [-0.39, 0.29) is 5.91 Å². The molecule has 3 rings (SSSR count). The van der Waals surface area contributed by atoms with Crippen LogP contribution in [0.15, 0.2) is 41.0 Å². The van der Waals surface area contributed by atoms with E-state index in [9.17, 15) is 4.79 Å². The van der Waals surface area contributed by atoms with Crippen LogP contribution in [0.3, 0.4) is 0 Å². The number of nitrogens with one attached hydrogen (secondary N) is 1. The Morgan fingerprint density at radius 1 is 1.22 bits per heavy atom. The number of amides is 1. The number of halogens is 1. The summed E-state index contributed by atoms with van der Waals surface area (Å²) in [6, 6.07) is 9.98. The summed E-state index contributed by atoms with van der Waals surface area (Å²) in [5.41, 5.74) is 1.15. The monoisotopic (exact) mass is 375 g/mol. The van der Waals surface area contributed by atoms with Gasteiger partial charge in [0, 0.05) is 17.0 Å². The molecule has 23 heavy (non-hydrogen) atoms. The third-order valence-corrected chi connectivity index (χ3v) is 5.01. The molecule has 1 fully saturated rings. The SMILES string of the molecule is O=C(CCC1CCCC1)Nc1ccnn1Cc1ccc(Br)cc1. The second-order valence-electron chi connectivity index (χ2n) is 6.24. The minimum absolute atomic E-state index is 0.0921. The average molecular weight is 376 g/mol. The van der Waals surface area contributed by atoms with Gasteiger partial charge in [-0.25, -0.2) is 4.68 Å². The molecule has 0 unspecified atom stereocenters. The van der Waals surface area contributed by atoms with Gasteiger partial charge in [-0.05, 0) is 30.0 Å². The van der Waals surface area contributed by atoms with Crippen molar-refractivity contribution < 1.29 is 4.79 Å². The molecule has 122 valence electrons. The predicted octanol–water partition coefficient (Wildman–Crippen LogP) is 4.60. The van der Waals surface area contributed by atoms with Crippen molar-refractivity contribution in [3.8, 4) is 0 Å². The number of rotatable bonds is 6. The first kappa shape index (κ1) is 16.2. The van der Waals surface area contributed by atoms with Crippen LogP contribution in [0.4, 0.5) is 5.82 Å². The van der Waals surface area contributed by atoms with Crippen molar-refractivity contribution in [3.05, 3.63) is 46.6 Å². The van der Waals surface area contributed by atoms with Crippen molar-refractivity contribution in [1.82, 2.24) is 9.78 Å². The highest BCUT2D eigenvalue weighted by Gasteiger charge is 2.16. The van der Waals surface area contributed by atoms with E-state index in [4.69, 9.17) is 0 Å². The molecule has 1 N–H and O–H groups in total. The Balaban J connectivity index is 1.55. The highest BCUT2D eigenvalue weighted by molar-refractivity contribution is 9.10. The maximum atomic E-state index is 12.2. The molecule has 0 spiro atoms. The largest absolute Gasteiger partial charge is 0.311 e. The van der Waals surface area contributed by atoms with Crippen LogP contribution < -0.4 is 5.32 Å². The molecule has 1 heterocycles. The molecule has 0 saturated heterocycles. The van der Waals surface area contributed by atoms with Crippen LogP contribution in [0.2, 0.25) is 0 Å². The van der Waals surface area contributed by atoms with Crippen LogP contribution in [0, 0.1) is 5.92 Å². The normalized spacial score (nSPS) is 15.0. The van der Waals surface area contributed by atoms with Crippen LogP contribution in [-0.2, 0) is 11.3 Å². The van der Waals surface area contributed by atoms with Crippen LogP contribution >= 0.6 is 15.9 Å². The zero-order valence-corrected chi connectivity index (χ0v) is 14.8. The highest BCUT2D eigenvalue weighted by atomic mass is 79.9. The number of nitrogens with zero attached hydrogens (tertiary/aromatic N) is 2. The molecule has 0 aliphatic heterocycles. The number of carbonyl (C=O) groups excluding carboxylic acids is 1. The van der Waals surface area contributed by atoms with Gasteiger partial charge in [0.25, 0.3) is 0 Å². The number of hydrogen-bond acceptors (Lipinski definition) is 2. The number of carbonyl (C=O) groups is 1. The zero-order chi connectivity index (χ0) is 16.1. The number of aromatic nitrogens is 2. The van der Waals surface area contributed by atoms with Gasteiger partial charge >= 0.3 is 0 Å². The Labute approximate surface area is 145 Å². The van der Waals surface area contributed by atoms with Crippen LogP contribution in [-0.4, -0.2) is 15.7 Å². The standard InChI is InChI=1S/C18H22BrN3O/c19-16-8-5-15(6-9-16)13-22-17(11-12-20-22)21-18(23)10-7-14-3-1-2-4-14/h5-6,8-9,11-12,14H,1-4,7,10,13H2,(H,21,23). The van der Waals surface area contributed by atoms with Crippen molar-refractivity contribution in [2.75, 3.05) is 5.32 Å². The van der Waals surface area contributed by atoms with Crippen LogP contribution in [0.25, 0.3) is 0 Å². The van der Waals surface area contributed by atoms with Crippen molar-refractivity contribution >= 4 is 27.7 Å². The van der Waals surface area contributed by atoms with E-state index in [1.807, 2.05) is 22.9 Å². The van der Waals surface area contributed by atoms with Gasteiger partial charge in [-0.2, -0.15) is 5.10 Å². The molecule has 5 heteroatoms. The molecule has 1 amide bonds. The third-order valence-electron chi connectivity index (χ3n) is 4.48. The molecule has 1 aliphatic rings. The van der Waals surface area contributed by atoms with E-state index in [1.165, 1.54) is 25.7 Å². The van der Waals surface area contributed by atoms with E-state index in [0.717, 1.165) is 28.2 Å². The summed E-state index contributed by atoms with van der Waals surface area (Å²) in [7, 11) is 0. The fourth-order valence-electron chi connectivity index (χ4n) is 3.17. The van der Waals surface area contributed by atoms with Gasteiger partial charge in [-0.15, -0.1) is 0 Å². The third kappa shape index (κ3) is 4.67. The van der Waals surface area contributed by atoms with Crippen molar-refractivity contribution in [2.24, 2.45) is 5.92 Å². The molecule has 1 aliphatic carbocycles. The Morgan fingerprint density at radius 2 is 1.96 bits per heavy atom. The van der Waals surface area contributed by atoms with Crippen molar-refractivity contribution in [2.45, 2.75) is 45.1 Å². The molecule has 0 atom stereocenters. The van der Waals surface area contributed by atoms with Crippen molar-refractivity contribution in [1.29, 1.82) is 0 Å². The summed E-state index contributed by atoms with van der Waals surface area (Å²) in [6.07, 6.45) is 8.56. The summed E-state index contributed by atoms with van der Waals surface area (Å²) in [5.74, 6) is 1.60. The van der Waals surface area contributed by atoms with E-state index in [0.29, 0.717) is 13.0 Å². The molecule has 1 aromatic heterocycles. The minimum atomic E-state index is 0.0921. The summed E-state index contributed by atoms with van der Waals surface area (Å²) in [5, 5.41) is 7.31. The quantitative estimate of drug-likeness (QED) is 0.801. The van der Waals surface area contributed by atoms with Gasteiger partial charge in [-0.3, -0.25) is 4.79 Å². The number of benzene rings is 1. The lowest BCUT2D eigenvalue weighted by Crippen LogP contribution is -2.16. The van der Waals surface area contributed by atoms with E-state index < -0.39 is 0 Å². The predicted molar refractivity (Wildman–Crippen MR) is 95.3 cm³/mol. The lowest BCUT2D eigenvalue weighted by atomic mass is 10.0. The second kappa shape index (κ2) is 7.77. The van der Waals surface area contributed by atoms with Gasteiger partial charge in [-0.1, -0.05) is 53.7 Å². The van der Waals surface area contributed by atoms with Gasteiger partial charge < -0.3 is 5.32 Å². The smallest absolute Gasteiger partial charge is 0.225 e. The van der Waals surface area contributed by atoms with Gasteiger partial charge in [0.1, 0.15) is 5.82 Å². The van der Waals surface area contributed by atoms with Crippen LogP contribution in [0.1, 0.15) is 44.1 Å². The molecule has 0 bridgehead atoms. The number of hydrogen-bond donors (Lipinski definition) is 1. The molecule has 1 aromatic carbocycles. The molecular weight excluding hydrogens is 354 g/mol. The fourth-order valence-corrected chi connectivity index (χ4v) is 3.43. The molecule has 0 radical (unpaired) electrons. The van der Waals surface area contributed by atoms with Gasteiger partial charge in [0.2, 0.25) is 5.91 Å². The first-order chi connectivity index (χ1) is 11.2. The molecule has 4 nitrogen and oxygen atoms in total. The summed E-state index contributed by atoms with van der Waals surface area (Å²) >= 11 is 3.44. The summed E-state index contributed by atoms with van der Waals surface area (Å²) < 4.78 is 2.89. The Bertz CT molecular complexity index is 645. The first-order valence-electron chi connectivity index (χ1n) is 8.27. The van der Waals surface area contributed by atoms with Crippen LogP contribution in [0.5, 0.6) is 0 Å². The van der Waals surface area contributed by atoms with Gasteiger partial charge in [0.15, 0.2) is 0 Å². The molecule has 2 aromatic rings. The summed E-state index contributed by atoms with van der Waals surface area (Å²) in [6.45, 7) is 0.651. The minimum Gasteiger partial charge on any atom is -0.311 e. The molecule has 1 saturated carbocycles. The van der Waals surface area contributed by atoms with E-state index in [2.05, 4.69) is 38.5 Å². The van der Waals surface area contributed by atoms with Crippen molar-refractivity contribution in [3.63, 3.8) is 0 Å². The highest BCUT2D eigenvalue weighted by Crippen LogP contribution is 2.28. The lowest BCUT2D eigenvalue weighted by Gasteiger charge is -2.11. The topological polar surface area (TPSA) is 46.9 Å².